The van der Waals surface area contributed by atoms with E-state index in [9.17, 15) is 9.59 Å². The first-order valence-corrected chi connectivity index (χ1v) is 7.48. The number of carbonyl (C=O) groups is 1. The maximum Gasteiger partial charge on any atom is 0.349 e. The first kappa shape index (κ1) is 15.3. The van der Waals surface area contributed by atoms with E-state index in [0.29, 0.717) is 22.5 Å². The van der Waals surface area contributed by atoms with Gasteiger partial charge >= 0.3 is 5.63 Å². The third-order valence-electron chi connectivity index (χ3n) is 3.51. The number of benzene rings is 2. The van der Waals surface area contributed by atoms with Gasteiger partial charge in [-0.05, 0) is 36.8 Å². The van der Waals surface area contributed by atoms with E-state index in [-0.39, 0.29) is 5.56 Å². The fraction of sp³-hybridized carbons (Fsp3) is 0.111. The van der Waals surface area contributed by atoms with Gasteiger partial charge in [0.25, 0.3) is 5.91 Å². The molecule has 3 aromatic rings. The zero-order valence-corrected chi connectivity index (χ0v) is 13.2. The quantitative estimate of drug-likeness (QED) is 0.746. The third-order valence-corrected chi connectivity index (χ3v) is 3.75. The summed E-state index contributed by atoms with van der Waals surface area (Å²) in [6, 6.07) is 14.2. The highest BCUT2D eigenvalue weighted by molar-refractivity contribution is 6.31. The number of fused-ring (bicyclic) bond motifs is 1. The number of hydrogen-bond acceptors (Lipinski definition) is 3. The summed E-state index contributed by atoms with van der Waals surface area (Å²) in [4.78, 5) is 24.2. The Morgan fingerprint density at radius 2 is 1.87 bits per heavy atom. The molecule has 1 aromatic heterocycles. The van der Waals surface area contributed by atoms with Gasteiger partial charge < -0.3 is 9.73 Å². The summed E-state index contributed by atoms with van der Waals surface area (Å²) >= 11 is 5.92. The van der Waals surface area contributed by atoms with Gasteiger partial charge in [-0.15, -0.1) is 0 Å². The van der Waals surface area contributed by atoms with Crippen LogP contribution < -0.4 is 10.9 Å². The van der Waals surface area contributed by atoms with Crippen molar-refractivity contribution in [2.24, 2.45) is 0 Å². The van der Waals surface area contributed by atoms with Crippen LogP contribution in [0.2, 0.25) is 5.02 Å². The predicted octanol–water partition coefficient (Wildman–Crippen LogP) is 3.68. The van der Waals surface area contributed by atoms with E-state index in [1.165, 1.54) is 6.07 Å². The minimum Gasteiger partial charge on any atom is -0.422 e. The van der Waals surface area contributed by atoms with Crippen molar-refractivity contribution < 1.29 is 9.21 Å². The average Bonchev–Trinajstić information content (AvgIpc) is 2.54. The Morgan fingerprint density at radius 3 is 2.61 bits per heavy atom. The predicted molar refractivity (Wildman–Crippen MR) is 89.8 cm³/mol. The van der Waals surface area contributed by atoms with Crippen LogP contribution in [0.15, 0.2) is 57.7 Å². The minimum atomic E-state index is -0.666. The Bertz CT molecular complexity index is 929. The number of carbonyl (C=O) groups excluding carboxylic acids is 1. The maximum atomic E-state index is 12.2. The normalized spacial score (nSPS) is 10.7. The lowest BCUT2D eigenvalue weighted by atomic mass is 10.1. The largest absolute Gasteiger partial charge is 0.422 e. The van der Waals surface area contributed by atoms with Crippen molar-refractivity contribution in [3.05, 3.63) is 80.7 Å². The van der Waals surface area contributed by atoms with Crippen LogP contribution in [0.1, 0.15) is 21.5 Å². The summed E-state index contributed by atoms with van der Waals surface area (Å²) in [6.45, 7) is 2.33. The summed E-state index contributed by atoms with van der Waals surface area (Å²) in [7, 11) is 0. The zero-order chi connectivity index (χ0) is 16.4. The lowest BCUT2D eigenvalue weighted by molar-refractivity contribution is 0.0947. The Labute approximate surface area is 137 Å². The van der Waals surface area contributed by atoms with E-state index in [1.54, 1.807) is 18.2 Å². The average molecular weight is 328 g/mol. The summed E-state index contributed by atoms with van der Waals surface area (Å²) in [6.07, 6.45) is 0. The van der Waals surface area contributed by atoms with Crippen LogP contribution in [0.4, 0.5) is 0 Å². The minimum absolute atomic E-state index is 0.0353. The summed E-state index contributed by atoms with van der Waals surface area (Å²) in [5.74, 6) is -0.471. The molecule has 0 aliphatic carbocycles. The monoisotopic (exact) mass is 327 g/mol. The van der Waals surface area contributed by atoms with Gasteiger partial charge in [-0.3, -0.25) is 4.79 Å². The molecule has 0 saturated carbocycles. The van der Waals surface area contributed by atoms with E-state index in [0.717, 1.165) is 11.1 Å². The van der Waals surface area contributed by atoms with Crippen molar-refractivity contribution in [3.63, 3.8) is 0 Å². The Kier molecular flexibility index (Phi) is 4.17. The summed E-state index contributed by atoms with van der Waals surface area (Å²) in [5.41, 5.74) is 1.80. The van der Waals surface area contributed by atoms with Gasteiger partial charge in [0, 0.05) is 17.0 Å². The SMILES string of the molecule is Cc1ccc(CNC(=O)c2cc3cc(Cl)ccc3oc2=O)cc1. The summed E-state index contributed by atoms with van der Waals surface area (Å²) < 4.78 is 5.16. The summed E-state index contributed by atoms with van der Waals surface area (Å²) in [5, 5.41) is 3.84. The van der Waals surface area contributed by atoms with Crippen LogP contribution in [0.3, 0.4) is 0 Å². The Balaban J connectivity index is 1.84. The third kappa shape index (κ3) is 3.43. The molecule has 0 unspecified atom stereocenters. The molecule has 0 saturated heterocycles. The first-order valence-electron chi connectivity index (χ1n) is 7.10. The molecule has 0 bridgehead atoms. The molecule has 4 nitrogen and oxygen atoms in total. The molecule has 1 amide bonds. The van der Waals surface area contributed by atoms with Crippen molar-refractivity contribution in [3.8, 4) is 0 Å². The first-order chi connectivity index (χ1) is 11.0. The molecule has 3 rings (SSSR count). The molecule has 1 heterocycles. The number of hydrogen-bond donors (Lipinski definition) is 1. The molecular weight excluding hydrogens is 314 g/mol. The molecule has 0 atom stereocenters. The molecule has 2 aromatic carbocycles. The van der Waals surface area contributed by atoms with E-state index in [4.69, 9.17) is 16.0 Å². The van der Waals surface area contributed by atoms with E-state index < -0.39 is 11.5 Å². The zero-order valence-electron chi connectivity index (χ0n) is 12.4. The fourth-order valence-electron chi connectivity index (χ4n) is 2.24. The molecule has 116 valence electrons. The van der Waals surface area contributed by atoms with Crippen LogP contribution in [-0.4, -0.2) is 5.91 Å². The van der Waals surface area contributed by atoms with Crippen molar-refractivity contribution in [2.45, 2.75) is 13.5 Å². The highest BCUT2D eigenvalue weighted by Crippen LogP contribution is 2.18. The topological polar surface area (TPSA) is 59.3 Å². The molecule has 0 aliphatic heterocycles. The van der Waals surface area contributed by atoms with E-state index >= 15 is 0 Å². The second-order valence-electron chi connectivity index (χ2n) is 5.30. The van der Waals surface area contributed by atoms with Gasteiger partial charge in [0.2, 0.25) is 0 Å². The molecular formula is C18H14ClNO3. The van der Waals surface area contributed by atoms with Crippen LogP contribution >= 0.6 is 11.6 Å². The van der Waals surface area contributed by atoms with Crippen LogP contribution in [0.5, 0.6) is 0 Å². The molecule has 1 N–H and O–H groups in total. The van der Waals surface area contributed by atoms with Crippen LogP contribution in [0.25, 0.3) is 11.0 Å². The van der Waals surface area contributed by atoms with E-state index in [1.807, 2.05) is 31.2 Å². The molecule has 0 fully saturated rings. The number of halogens is 1. The molecule has 0 spiro atoms. The second kappa shape index (κ2) is 6.26. The fourth-order valence-corrected chi connectivity index (χ4v) is 2.42. The lowest BCUT2D eigenvalue weighted by Gasteiger charge is -2.06. The van der Waals surface area contributed by atoms with Gasteiger partial charge in [-0.1, -0.05) is 41.4 Å². The van der Waals surface area contributed by atoms with Crippen molar-refractivity contribution >= 4 is 28.5 Å². The van der Waals surface area contributed by atoms with Crippen molar-refractivity contribution in [2.75, 3.05) is 0 Å². The molecule has 5 heteroatoms. The van der Waals surface area contributed by atoms with E-state index in [2.05, 4.69) is 5.32 Å². The highest BCUT2D eigenvalue weighted by Gasteiger charge is 2.13. The van der Waals surface area contributed by atoms with Gasteiger partial charge in [-0.2, -0.15) is 0 Å². The van der Waals surface area contributed by atoms with Crippen LogP contribution in [0, 0.1) is 6.92 Å². The van der Waals surface area contributed by atoms with Crippen LogP contribution in [-0.2, 0) is 6.54 Å². The van der Waals surface area contributed by atoms with Crippen molar-refractivity contribution in [1.82, 2.24) is 5.32 Å². The molecule has 0 radical (unpaired) electrons. The maximum absolute atomic E-state index is 12.2. The molecule has 23 heavy (non-hydrogen) atoms. The number of amides is 1. The van der Waals surface area contributed by atoms with Gasteiger partial charge in [0.05, 0.1) is 0 Å². The number of nitrogens with one attached hydrogen (secondary N) is 1. The van der Waals surface area contributed by atoms with Gasteiger partial charge in [-0.25, -0.2) is 4.79 Å². The Hall–Kier alpha value is -2.59. The number of rotatable bonds is 3. The highest BCUT2D eigenvalue weighted by atomic mass is 35.5. The second-order valence-corrected chi connectivity index (χ2v) is 5.73. The Morgan fingerprint density at radius 1 is 1.13 bits per heavy atom. The smallest absolute Gasteiger partial charge is 0.349 e. The number of aryl methyl sites for hydroxylation is 1. The van der Waals surface area contributed by atoms with Gasteiger partial charge in [0.15, 0.2) is 0 Å². The van der Waals surface area contributed by atoms with Gasteiger partial charge in [0.1, 0.15) is 11.1 Å². The lowest BCUT2D eigenvalue weighted by Crippen LogP contribution is -2.27. The van der Waals surface area contributed by atoms with Crippen molar-refractivity contribution in [1.29, 1.82) is 0 Å². The molecule has 0 aliphatic rings. The standard InChI is InChI=1S/C18H14ClNO3/c1-11-2-4-12(5-3-11)10-20-17(21)15-9-13-8-14(19)6-7-16(13)23-18(15)22/h2-9H,10H2,1H3,(H,20,21).